The lowest BCUT2D eigenvalue weighted by Gasteiger charge is -2.09. The van der Waals surface area contributed by atoms with Gasteiger partial charge in [0.2, 0.25) is 0 Å². The lowest BCUT2D eigenvalue weighted by atomic mass is 10.0. The summed E-state index contributed by atoms with van der Waals surface area (Å²) in [5.41, 5.74) is 0.702. The molecule has 0 aromatic heterocycles. The van der Waals surface area contributed by atoms with Crippen LogP contribution in [-0.2, 0) is 16.0 Å². The first-order valence-corrected chi connectivity index (χ1v) is 6.52. The van der Waals surface area contributed by atoms with Gasteiger partial charge in [0, 0.05) is 19.4 Å². The molecular weight excluding hydrogens is 287 g/mol. The van der Waals surface area contributed by atoms with Gasteiger partial charge in [0.05, 0.1) is 10.6 Å². The fraction of sp³-hybridized carbons (Fsp3) is 0.462. The zero-order valence-electron chi connectivity index (χ0n) is 9.42. The van der Waals surface area contributed by atoms with Crippen LogP contribution in [-0.4, -0.2) is 18.5 Å². The van der Waals surface area contributed by atoms with Crippen molar-refractivity contribution in [2.75, 3.05) is 6.61 Å². The molecule has 0 spiro atoms. The Kier molecular flexibility index (Phi) is 4.29. The molecule has 1 aliphatic rings. The van der Waals surface area contributed by atoms with Crippen molar-refractivity contribution in [3.05, 3.63) is 34.1 Å². The maximum Gasteiger partial charge on any atom is 0.139 e. The zero-order valence-corrected chi connectivity index (χ0v) is 11.0. The summed E-state index contributed by atoms with van der Waals surface area (Å²) in [5.74, 6) is -0.226. The normalized spacial score (nSPS) is 19.5. The van der Waals surface area contributed by atoms with Gasteiger partial charge in [0.15, 0.2) is 0 Å². The fourth-order valence-electron chi connectivity index (χ4n) is 2.03. The molecule has 1 saturated heterocycles. The maximum absolute atomic E-state index is 13.3. The lowest BCUT2D eigenvalue weighted by Crippen LogP contribution is -2.14. The van der Waals surface area contributed by atoms with Crippen molar-refractivity contribution >= 4 is 21.7 Å². The van der Waals surface area contributed by atoms with E-state index >= 15 is 0 Å². The molecule has 1 unspecified atom stereocenters. The van der Waals surface area contributed by atoms with Gasteiger partial charge in [-0.05, 0) is 40.4 Å². The van der Waals surface area contributed by atoms with E-state index in [1.54, 1.807) is 12.1 Å². The number of hydrogen-bond donors (Lipinski definition) is 0. The molecule has 1 fully saturated rings. The first-order chi connectivity index (χ1) is 8.16. The molecule has 4 heteroatoms. The topological polar surface area (TPSA) is 26.3 Å². The maximum atomic E-state index is 13.3. The molecule has 1 aromatic rings. The standard InChI is InChI=1S/C13H14BrFO2/c14-13-9(3-1-5-12(13)15)7-10(16)8-11-4-2-6-17-11/h1,3,5,11H,2,4,6-8H2. The molecule has 17 heavy (non-hydrogen) atoms. The summed E-state index contributed by atoms with van der Waals surface area (Å²) < 4.78 is 19.0. The summed E-state index contributed by atoms with van der Waals surface area (Å²) in [4.78, 5) is 11.8. The van der Waals surface area contributed by atoms with E-state index in [1.165, 1.54) is 6.07 Å². The van der Waals surface area contributed by atoms with Crippen molar-refractivity contribution in [1.82, 2.24) is 0 Å². The Hall–Kier alpha value is -0.740. The minimum Gasteiger partial charge on any atom is -0.378 e. The van der Waals surface area contributed by atoms with Crippen LogP contribution in [0.2, 0.25) is 0 Å². The van der Waals surface area contributed by atoms with Crippen molar-refractivity contribution in [3.8, 4) is 0 Å². The monoisotopic (exact) mass is 300 g/mol. The SMILES string of the molecule is O=C(Cc1cccc(F)c1Br)CC1CCCO1. The number of rotatable bonds is 4. The van der Waals surface area contributed by atoms with Gasteiger partial charge in [-0.1, -0.05) is 12.1 Å². The molecule has 1 aliphatic heterocycles. The van der Waals surface area contributed by atoms with E-state index in [9.17, 15) is 9.18 Å². The summed E-state index contributed by atoms with van der Waals surface area (Å²) in [6.45, 7) is 0.752. The van der Waals surface area contributed by atoms with Crippen LogP contribution in [0, 0.1) is 5.82 Å². The molecule has 1 atom stereocenters. The Morgan fingerprint density at radius 2 is 2.35 bits per heavy atom. The van der Waals surface area contributed by atoms with Crippen LogP contribution in [0.3, 0.4) is 0 Å². The molecular formula is C13H14BrFO2. The minimum absolute atomic E-state index is 0.0647. The van der Waals surface area contributed by atoms with E-state index in [1.807, 2.05) is 0 Å². The second-order valence-corrected chi connectivity index (χ2v) is 5.06. The molecule has 0 radical (unpaired) electrons. The van der Waals surface area contributed by atoms with Crippen LogP contribution in [0.25, 0.3) is 0 Å². The fourth-order valence-corrected chi connectivity index (χ4v) is 2.43. The molecule has 0 saturated carbocycles. The Bertz CT molecular complexity index is 414. The quantitative estimate of drug-likeness (QED) is 0.853. The molecule has 2 nitrogen and oxygen atoms in total. The highest BCUT2D eigenvalue weighted by atomic mass is 79.9. The highest BCUT2D eigenvalue weighted by molar-refractivity contribution is 9.10. The van der Waals surface area contributed by atoms with Crippen molar-refractivity contribution in [2.24, 2.45) is 0 Å². The minimum atomic E-state index is -0.326. The average molecular weight is 301 g/mol. The predicted octanol–water partition coefficient (Wildman–Crippen LogP) is 3.27. The number of ether oxygens (including phenoxy) is 1. The van der Waals surface area contributed by atoms with Crippen molar-refractivity contribution in [2.45, 2.75) is 31.8 Å². The number of carbonyl (C=O) groups is 1. The van der Waals surface area contributed by atoms with E-state index in [-0.39, 0.29) is 24.1 Å². The van der Waals surface area contributed by atoms with E-state index in [0.29, 0.717) is 16.5 Å². The van der Waals surface area contributed by atoms with Crippen LogP contribution in [0.1, 0.15) is 24.8 Å². The van der Waals surface area contributed by atoms with Gasteiger partial charge < -0.3 is 4.74 Å². The number of halogens is 2. The summed E-state index contributed by atoms with van der Waals surface area (Å²) in [6, 6.07) is 4.76. The van der Waals surface area contributed by atoms with Crippen LogP contribution >= 0.6 is 15.9 Å². The van der Waals surface area contributed by atoms with E-state index in [0.717, 1.165) is 19.4 Å². The highest BCUT2D eigenvalue weighted by Crippen LogP contribution is 2.22. The van der Waals surface area contributed by atoms with E-state index in [4.69, 9.17) is 4.74 Å². The smallest absolute Gasteiger partial charge is 0.139 e. The van der Waals surface area contributed by atoms with Crippen LogP contribution in [0.4, 0.5) is 4.39 Å². The summed E-state index contributed by atoms with van der Waals surface area (Å²) in [6.07, 6.45) is 2.74. The van der Waals surface area contributed by atoms with Crippen molar-refractivity contribution < 1.29 is 13.9 Å². The Balaban J connectivity index is 1.95. The van der Waals surface area contributed by atoms with Crippen LogP contribution in [0.15, 0.2) is 22.7 Å². The molecule has 0 N–H and O–H groups in total. The first kappa shape index (κ1) is 12.7. The molecule has 0 bridgehead atoms. The van der Waals surface area contributed by atoms with Gasteiger partial charge in [-0.3, -0.25) is 4.79 Å². The second-order valence-electron chi connectivity index (χ2n) is 4.27. The van der Waals surface area contributed by atoms with Gasteiger partial charge in [0.1, 0.15) is 11.6 Å². The van der Waals surface area contributed by atoms with Gasteiger partial charge in [-0.15, -0.1) is 0 Å². The number of carbonyl (C=O) groups excluding carboxylic acids is 1. The second kappa shape index (κ2) is 5.74. The van der Waals surface area contributed by atoms with Gasteiger partial charge in [-0.25, -0.2) is 4.39 Å². The largest absolute Gasteiger partial charge is 0.378 e. The predicted molar refractivity (Wildman–Crippen MR) is 66.4 cm³/mol. The first-order valence-electron chi connectivity index (χ1n) is 5.73. The molecule has 0 aliphatic carbocycles. The lowest BCUT2D eigenvalue weighted by molar-refractivity contribution is -0.120. The van der Waals surface area contributed by atoms with Gasteiger partial charge in [0.25, 0.3) is 0 Å². The van der Waals surface area contributed by atoms with Gasteiger partial charge in [-0.2, -0.15) is 0 Å². The molecule has 2 rings (SSSR count). The summed E-state index contributed by atoms with van der Waals surface area (Å²) >= 11 is 3.16. The summed E-state index contributed by atoms with van der Waals surface area (Å²) in [7, 11) is 0. The Morgan fingerprint density at radius 1 is 1.53 bits per heavy atom. The number of Topliss-reactive ketones (excluding diaryl/α,β-unsaturated/α-hetero) is 1. The highest BCUT2D eigenvalue weighted by Gasteiger charge is 2.19. The third kappa shape index (κ3) is 3.36. The third-order valence-electron chi connectivity index (χ3n) is 2.90. The Labute approximate surface area is 108 Å². The average Bonchev–Trinajstić information content (AvgIpc) is 2.77. The number of hydrogen-bond acceptors (Lipinski definition) is 2. The Morgan fingerprint density at radius 3 is 3.06 bits per heavy atom. The molecule has 1 heterocycles. The van der Waals surface area contributed by atoms with Crippen LogP contribution in [0.5, 0.6) is 0 Å². The summed E-state index contributed by atoms with van der Waals surface area (Å²) in [5, 5.41) is 0. The van der Waals surface area contributed by atoms with E-state index in [2.05, 4.69) is 15.9 Å². The van der Waals surface area contributed by atoms with Crippen LogP contribution < -0.4 is 0 Å². The zero-order chi connectivity index (χ0) is 12.3. The molecule has 0 amide bonds. The van der Waals surface area contributed by atoms with E-state index < -0.39 is 0 Å². The molecule has 1 aromatic carbocycles. The van der Waals surface area contributed by atoms with Crippen molar-refractivity contribution in [3.63, 3.8) is 0 Å². The third-order valence-corrected chi connectivity index (χ3v) is 3.79. The van der Waals surface area contributed by atoms with Crippen molar-refractivity contribution in [1.29, 1.82) is 0 Å². The molecule has 92 valence electrons. The number of benzene rings is 1. The number of ketones is 1. The van der Waals surface area contributed by atoms with Gasteiger partial charge >= 0.3 is 0 Å².